The summed E-state index contributed by atoms with van der Waals surface area (Å²) < 4.78 is 13.1. The van der Waals surface area contributed by atoms with Crippen molar-refractivity contribution in [2.45, 2.75) is 39.3 Å². The van der Waals surface area contributed by atoms with Crippen molar-refractivity contribution in [3.05, 3.63) is 78.4 Å². The first-order valence-electron chi connectivity index (χ1n) is 8.48. The zero-order valence-electron chi connectivity index (χ0n) is 15.2. The molecule has 2 aromatic carbocycles. The second-order valence-electron chi connectivity index (χ2n) is 6.89. The van der Waals surface area contributed by atoms with E-state index in [1.807, 2.05) is 43.3 Å². The van der Waals surface area contributed by atoms with Crippen LogP contribution in [0.15, 0.2) is 72.8 Å². The van der Waals surface area contributed by atoms with E-state index >= 15 is 0 Å². The summed E-state index contributed by atoms with van der Waals surface area (Å²) in [6, 6.07) is 20.7. The lowest BCUT2D eigenvalue weighted by atomic mass is 10.2. The molecule has 2 rings (SSSR count). The third-order valence-electron chi connectivity index (χ3n) is 4.04. The lowest BCUT2D eigenvalue weighted by Gasteiger charge is -2.41. The Labute approximate surface area is 147 Å². The largest absolute Gasteiger partial charge is 0.387 e. The quantitative estimate of drug-likeness (QED) is 0.525. The number of hydrogen-bond donors (Lipinski definition) is 0. The van der Waals surface area contributed by atoms with Crippen LogP contribution in [0.1, 0.15) is 33.3 Å². The monoisotopic (exact) mass is 340 g/mol. The minimum Gasteiger partial charge on any atom is -0.387 e. The zero-order chi connectivity index (χ0) is 17.5. The van der Waals surface area contributed by atoms with Gasteiger partial charge in [0.15, 0.2) is 0 Å². The molecular weight excluding hydrogens is 312 g/mol. The van der Waals surface area contributed by atoms with Gasteiger partial charge in [0.25, 0.3) is 0 Å². The molecule has 2 nitrogen and oxygen atoms in total. The highest BCUT2D eigenvalue weighted by molar-refractivity contribution is 6.83. The average Bonchev–Trinajstić information content (AvgIpc) is 2.59. The maximum atomic E-state index is 6.60. The van der Waals surface area contributed by atoms with Crippen LogP contribution in [-0.4, -0.2) is 15.2 Å². The molecule has 0 fully saturated rings. The van der Waals surface area contributed by atoms with E-state index in [9.17, 15) is 0 Å². The van der Waals surface area contributed by atoms with E-state index < -0.39 is 8.56 Å². The van der Waals surface area contributed by atoms with Crippen LogP contribution in [0.2, 0.25) is 5.04 Å². The molecule has 0 aromatic heterocycles. The Hall–Kier alpha value is -1.68. The maximum absolute atomic E-state index is 6.60. The van der Waals surface area contributed by atoms with Crippen molar-refractivity contribution >= 4 is 13.7 Å². The van der Waals surface area contributed by atoms with Crippen molar-refractivity contribution in [3.63, 3.8) is 0 Å². The summed E-state index contributed by atoms with van der Waals surface area (Å²) in [6.07, 6.45) is 4.06. The van der Waals surface area contributed by atoms with Crippen LogP contribution < -0.4 is 5.19 Å². The SMILES string of the molecule is C/C=C\CO[Si@@](OCc1ccccc1)(c1ccccc1)C(C)(C)C. The fourth-order valence-corrected chi connectivity index (χ4v) is 6.23. The van der Waals surface area contributed by atoms with Crippen molar-refractivity contribution in [2.75, 3.05) is 6.61 Å². The molecule has 0 heterocycles. The fourth-order valence-electron chi connectivity index (χ4n) is 2.75. The van der Waals surface area contributed by atoms with E-state index in [-0.39, 0.29) is 5.04 Å². The van der Waals surface area contributed by atoms with Crippen LogP contribution in [-0.2, 0) is 15.5 Å². The van der Waals surface area contributed by atoms with Crippen LogP contribution in [0, 0.1) is 0 Å². The molecule has 0 saturated heterocycles. The van der Waals surface area contributed by atoms with Crippen LogP contribution in [0.5, 0.6) is 0 Å². The Morgan fingerprint density at radius 2 is 1.46 bits per heavy atom. The molecule has 3 heteroatoms. The average molecular weight is 341 g/mol. The third kappa shape index (κ3) is 4.44. The highest BCUT2D eigenvalue weighted by atomic mass is 28.4. The van der Waals surface area contributed by atoms with E-state index in [1.54, 1.807) is 0 Å². The normalized spacial score (nSPS) is 14.7. The summed E-state index contributed by atoms with van der Waals surface area (Å²) in [5.74, 6) is 0. The van der Waals surface area contributed by atoms with Gasteiger partial charge in [-0.3, -0.25) is 0 Å². The predicted molar refractivity (Wildman–Crippen MR) is 104 cm³/mol. The van der Waals surface area contributed by atoms with Gasteiger partial charge in [-0.05, 0) is 17.7 Å². The van der Waals surface area contributed by atoms with Gasteiger partial charge in [0, 0.05) is 5.04 Å². The number of hydrogen-bond acceptors (Lipinski definition) is 2. The first-order valence-corrected chi connectivity index (χ1v) is 10.3. The van der Waals surface area contributed by atoms with Gasteiger partial charge < -0.3 is 8.85 Å². The molecule has 2 aromatic rings. The molecule has 1 atom stereocenters. The molecule has 0 aliphatic rings. The molecule has 0 aliphatic heterocycles. The van der Waals surface area contributed by atoms with Gasteiger partial charge in [0.2, 0.25) is 0 Å². The molecule has 0 saturated carbocycles. The molecule has 24 heavy (non-hydrogen) atoms. The van der Waals surface area contributed by atoms with Crippen LogP contribution in [0.3, 0.4) is 0 Å². The second-order valence-corrected chi connectivity index (χ2v) is 10.8. The Morgan fingerprint density at radius 1 is 0.875 bits per heavy atom. The van der Waals surface area contributed by atoms with Crippen LogP contribution in [0.4, 0.5) is 0 Å². The summed E-state index contributed by atoms with van der Waals surface area (Å²) in [5.41, 5.74) is 1.17. The van der Waals surface area contributed by atoms with E-state index in [4.69, 9.17) is 8.85 Å². The summed E-state index contributed by atoms with van der Waals surface area (Å²) in [5, 5.41) is 1.09. The van der Waals surface area contributed by atoms with E-state index in [2.05, 4.69) is 57.2 Å². The van der Waals surface area contributed by atoms with Gasteiger partial charge in [0.1, 0.15) is 0 Å². The van der Waals surface area contributed by atoms with Gasteiger partial charge in [-0.15, -0.1) is 0 Å². The minimum atomic E-state index is -2.64. The van der Waals surface area contributed by atoms with Gasteiger partial charge in [-0.25, -0.2) is 0 Å². The second kappa shape index (κ2) is 8.43. The Kier molecular flexibility index (Phi) is 6.55. The molecule has 0 radical (unpaired) electrons. The predicted octanol–water partition coefficient (Wildman–Crippen LogP) is 4.95. The summed E-state index contributed by atoms with van der Waals surface area (Å²) in [4.78, 5) is 0. The Bertz CT molecular complexity index is 632. The lowest BCUT2D eigenvalue weighted by Crippen LogP contribution is -2.60. The van der Waals surface area contributed by atoms with Crippen LogP contribution in [0.25, 0.3) is 0 Å². The molecule has 128 valence electrons. The number of allylic oxidation sites excluding steroid dienone is 1. The molecular formula is C21H28O2Si. The standard InChI is InChI=1S/C21H28O2Si/c1-5-6-17-22-24(21(2,3)4,20-15-11-8-12-16-20)23-18-19-13-9-7-10-14-19/h5-16H,17-18H2,1-4H3/b6-5-/t24-/m1/s1. The highest BCUT2D eigenvalue weighted by Crippen LogP contribution is 2.38. The first-order chi connectivity index (χ1) is 11.5. The molecule has 0 N–H and O–H groups in total. The van der Waals surface area contributed by atoms with Crippen molar-refractivity contribution in [1.29, 1.82) is 0 Å². The van der Waals surface area contributed by atoms with Crippen molar-refractivity contribution in [2.24, 2.45) is 0 Å². The molecule has 0 bridgehead atoms. The summed E-state index contributed by atoms with van der Waals surface area (Å²) >= 11 is 0. The lowest BCUT2D eigenvalue weighted by molar-refractivity contribution is 0.166. The third-order valence-corrected chi connectivity index (χ3v) is 8.24. The minimum absolute atomic E-state index is 0.0925. The van der Waals surface area contributed by atoms with E-state index in [1.165, 1.54) is 10.8 Å². The number of benzene rings is 2. The highest BCUT2D eigenvalue weighted by Gasteiger charge is 2.51. The molecule has 0 amide bonds. The van der Waals surface area contributed by atoms with Gasteiger partial charge in [0.05, 0.1) is 13.2 Å². The topological polar surface area (TPSA) is 18.5 Å². The van der Waals surface area contributed by atoms with Crippen molar-refractivity contribution in [3.8, 4) is 0 Å². The zero-order valence-corrected chi connectivity index (χ0v) is 16.2. The van der Waals surface area contributed by atoms with Crippen LogP contribution >= 0.6 is 0 Å². The Balaban J connectivity index is 2.37. The van der Waals surface area contributed by atoms with Gasteiger partial charge in [-0.2, -0.15) is 0 Å². The molecule has 0 spiro atoms. The van der Waals surface area contributed by atoms with Gasteiger partial charge in [-0.1, -0.05) is 93.6 Å². The molecule has 0 aliphatic carbocycles. The Morgan fingerprint density at radius 3 is 2.00 bits per heavy atom. The maximum Gasteiger partial charge on any atom is 0.378 e. The molecule has 0 unspecified atom stereocenters. The van der Waals surface area contributed by atoms with Crippen molar-refractivity contribution in [1.82, 2.24) is 0 Å². The summed E-state index contributed by atoms with van der Waals surface area (Å²) in [6.45, 7) is 9.79. The first kappa shape index (κ1) is 18.7. The number of rotatable bonds is 7. The van der Waals surface area contributed by atoms with E-state index in [0.29, 0.717) is 13.2 Å². The smallest absolute Gasteiger partial charge is 0.378 e. The summed E-state index contributed by atoms with van der Waals surface area (Å²) in [7, 11) is -2.64. The van der Waals surface area contributed by atoms with E-state index in [0.717, 1.165) is 0 Å². The van der Waals surface area contributed by atoms with Gasteiger partial charge >= 0.3 is 8.56 Å². The fraction of sp³-hybridized carbons (Fsp3) is 0.333. The van der Waals surface area contributed by atoms with Crippen molar-refractivity contribution < 1.29 is 8.85 Å².